The predicted octanol–water partition coefficient (Wildman–Crippen LogP) is 3.16. The van der Waals surface area contributed by atoms with Crippen molar-refractivity contribution in [2.75, 3.05) is 6.61 Å². The van der Waals surface area contributed by atoms with Gasteiger partial charge < -0.3 is 9.84 Å². The molecule has 1 aromatic carbocycles. The van der Waals surface area contributed by atoms with Crippen molar-refractivity contribution < 1.29 is 14.6 Å². The number of hydrogen-bond donors (Lipinski definition) is 1. The number of ether oxygens (including phenoxy) is 1. The Hall–Kier alpha value is -2.36. The second-order valence-electron chi connectivity index (χ2n) is 4.39. The van der Waals surface area contributed by atoms with E-state index in [0.29, 0.717) is 13.0 Å². The van der Waals surface area contributed by atoms with Gasteiger partial charge in [0, 0.05) is 18.2 Å². The third-order valence-corrected chi connectivity index (χ3v) is 2.96. The molecule has 2 aromatic rings. The van der Waals surface area contributed by atoms with E-state index in [9.17, 15) is 4.79 Å². The van der Waals surface area contributed by atoms with E-state index in [1.165, 1.54) is 0 Å². The highest BCUT2D eigenvalue weighted by Gasteiger charge is 2.08. The van der Waals surface area contributed by atoms with Gasteiger partial charge in [-0.05, 0) is 30.5 Å². The van der Waals surface area contributed by atoms with E-state index in [1.807, 2.05) is 37.3 Å². The van der Waals surface area contributed by atoms with E-state index < -0.39 is 5.97 Å². The second-order valence-corrected chi connectivity index (χ2v) is 4.39. The van der Waals surface area contributed by atoms with Crippen molar-refractivity contribution in [3.63, 3.8) is 0 Å². The summed E-state index contributed by atoms with van der Waals surface area (Å²) >= 11 is 0. The minimum absolute atomic E-state index is 0.121. The van der Waals surface area contributed by atoms with Gasteiger partial charge >= 0.3 is 5.97 Å². The smallest absolute Gasteiger partial charge is 0.303 e. The summed E-state index contributed by atoms with van der Waals surface area (Å²) in [6.07, 6.45) is 4.06. The van der Waals surface area contributed by atoms with Crippen LogP contribution < -0.4 is 4.74 Å². The van der Waals surface area contributed by atoms with Crippen LogP contribution in [0.4, 0.5) is 0 Å². The number of rotatable bonds is 6. The highest BCUT2D eigenvalue weighted by molar-refractivity contribution is 5.70. The largest absolute Gasteiger partial charge is 0.492 e. The van der Waals surface area contributed by atoms with Crippen LogP contribution >= 0.6 is 0 Å². The van der Waals surface area contributed by atoms with E-state index in [0.717, 1.165) is 22.4 Å². The first-order valence-electron chi connectivity index (χ1n) is 6.58. The van der Waals surface area contributed by atoms with Crippen molar-refractivity contribution in [2.45, 2.75) is 19.8 Å². The highest BCUT2D eigenvalue weighted by Crippen LogP contribution is 2.26. The summed E-state index contributed by atoms with van der Waals surface area (Å²) in [5.74, 6) is -0.0703. The number of hydrogen-bond acceptors (Lipinski definition) is 3. The Bertz CT molecular complexity index is 596. The molecular weight excluding hydrogens is 254 g/mol. The zero-order valence-electron chi connectivity index (χ0n) is 11.4. The topological polar surface area (TPSA) is 59.4 Å². The van der Waals surface area contributed by atoms with Gasteiger partial charge in [-0.1, -0.05) is 24.3 Å². The van der Waals surface area contributed by atoms with Crippen molar-refractivity contribution in [1.29, 1.82) is 0 Å². The summed E-state index contributed by atoms with van der Waals surface area (Å²) < 4.78 is 5.45. The third kappa shape index (κ3) is 3.57. The van der Waals surface area contributed by atoms with E-state index in [1.54, 1.807) is 12.4 Å². The number of carboxylic acids is 1. The van der Waals surface area contributed by atoms with Gasteiger partial charge in [0.1, 0.15) is 5.75 Å². The Balaban J connectivity index is 2.31. The number of nitrogens with zero attached hydrogens (tertiary/aromatic N) is 1. The van der Waals surface area contributed by atoms with Crippen LogP contribution in [0.1, 0.15) is 18.9 Å². The monoisotopic (exact) mass is 271 g/mol. The molecule has 1 N–H and O–H groups in total. The molecule has 0 bridgehead atoms. The Morgan fingerprint density at radius 3 is 2.85 bits per heavy atom. The van der Waals surface area contributed by atoms with Gasteiger partial charge in [-0.2, -0.15) is 0 Å². The fourth-order valence-electron chi connectivity index (χ4n) is 2.07. The van der Waals surface area contributed by atoms with Crippen LogP contribution in [0, 0.1) is 0 Å². The van der Waals surface area contributed by atoms with Gasteiger partial charge in [0.25, 0.3) is 0 Å². The molecular formula is C16H17NO3. The Kier molecular flexibility index (Phi) is 4.71. The zero-order valence-corrected chi connectivity index (χ0v) is 11.4. The van der Waals surface area contributed by atoms with Crippen molar-refractivity contribution >= 4 is 5.97 Å². The van der Waals surface area contributed by atoms with Crippen LogP contribution in [0.3, 0.4) is 0 Å². The molecule has 0 aliphatic heterocycles. The summed E-state index contributed by atoms with van der Waals surface area (Å²) in [6, 6.07) is 9.71. The van der Waals surface area contributed by atoms with Crippen LogP contribution in [0.5, 0.6) is 5.75 Å². The zero-order chi connectivity index (χ0) is 14.4. The average Bonchev–Trinajstić information content (AvgIpc) is 2.46. The lowest BCUT2D eigenvalue weighted by atomic mass is 9.98. The van der Waals surface area contributed by atoms with Gasteiger partial charge in [0.15, 0.2) is 0 Å². The van der Waals surface area contributed by atoms with Crippen LogP contribution in [0.15, 0.2) is 42.7 Å². The van der Waals surface area contributed by atoms with Gasteiger partial charge in [0.05, 0.1) is 12.8 Å². The van der Waals surface area contributed by atoms with Crippen LogP contribution in [-0.2, 0) is 11.2 Å². The summed E-state index contributed by atoms with van der Waals surface area (Å²) in [4.78, 5) is 14.9. The lowest BCUT2D eigenvalue weighted by Crippen LogP contribution is -1.99. The van der Waals surface area contributed by atoms with Crippen molar-refractivity contribution in [3.8, 4) is 16.9 Å². The molecule has 1 heterocycles. The minimum atomic E-state index is -0.791. The highest BCUT2D eigenvalue weighted by atomic mass is 16.5. The maximum absolute atomic E-state index is 10.7. The fourth-order valence-corrected chi connectivity index (χ4v) is 2.07. The van der Waals surface area contributed by atoms with Crippen molar-refractivity contribution in [2.24, 2.45) is 0 Å². The standard InChI is InChI=1S/C16H17NO3/c1-2-20-14-9-13(10-17-11-14)15-6-4-3-5-12(15)7-8-16(18)19/h3-6,9-11H,2,7-8H2,1H3,(H,18,19). The molecule has 0 aliphatic rings. The second kappa shape index (κ2) is 6.70. The van der Waals surface area contributed by atoms with Crippen LogP contribution in [0.2, 0.25) is 0 Å². The number of benzene rings is 1. The van der Waals surface area contributed by atoms with Crippen LogP contribution in [-0.4, -0.2) is 22.7 Å². The molecule has 104 valence electrons. The van der Waals surface area contributed by atoms with E-state index in [2.05, 4.69) is 4.98 Å². The maximum Gasteiger partial charge on any atom is 0.303 e. The molecule has 0 fully saturated rings. The molecule has 4 heteroatoms. The molecule has 0 spiro atoms. The van der Waals surface area contributed by atoms with Crippen molar-refractivity contribution in [1.82, 2.24) is 4.98 Å². The normalized spacial score (nSPS) is 10.2. The number of carboxylic acid groups (broad SMARTS) is 1. The third-order valence-electron chi connectivity index (χ3n) is 2.96. The number of aromatic nitrogens is 1. The first-order chi connectivity index (χ1) is 9.70. The summed E-state index contributed by atoms with van der Waals surface area (Å²) in [5, 5.41) is 8.82. The summed E-state index contributed by atoms with van der Waals surface area (Å²) in [5.41, 5.74) is 2.95. The minimum Gasteiger partial charge on any atom is -0.492 e. The van der Waals surface area contributed by atoms with Gasteiger partial charge in [-0.15, -0.1) is 0 Å². The number of pyridine rings is 1. The quantitative estimate of drug-likeness (QED) is 0.876. The SMILES string of the molecule is CCOc1cncc(-c2ccccc2CCC(=O)O)c1. The first kappa shape index (κ1) is 14.1. The Morgan fingerprint density at radius 2 is 2.10 bits per heavy atom. The molecule has 0 unspecified atom stereocenters. The maximum atomic E-state index is 10.7. The summed E-state index contributed by atoms with van der Waals surface area (Å²) in [6.45, 7) is 2.51. The Morgan fingerprint density at radius 1 is 1.30 bits per heavy atom. The van der Waals surface area contributed by atoms with Gasteiger partial charge in [0.2, 0.25) is 0 Å². The molecule has 4 nitrogen and oxygen atoms in total. The molecule has 0 aliphatic carbocycles. The van der Waals surface area contributed by atoms with E-state index >= 15 is 0 Å². The fraction of sp³-hybridized carbons (Fsp3) is 0.250. The molecule has 0 radical (unpaired) electrons. The molecule has 2 rings (SSSR count). The van der Waals surface area contributed by atoms with Gasteiger partial charge in [-0.3, -0.25) is 9.78 Å². The van der Waals surface area contributed by atoms with Crippen molar-refractivity contribution in [3.05, 3.63) is 48.3 Å². The first-order valence-corrected chi connectivity index (χ1v) is 6.58. The molecule has 0 atom stereocenters. The molecule has 0 amide bonds. The number of carbonyl (C=O) groups is 1. The number of aryl methyl sites for hydroxylation is 1. The lowest BCUT2D eigenvalue weighted by Gasteiger charge is -2.10. The molecule has 0 saturated heterocycles. The molecule has 20 heavy (non-hydrogen) atoms. The molecule has 1 aromatic heterocycles. The Labute approximate surface area is 118 Å². The predicted molar refractivity (Wildman–Crippen MR) is 76.8 cm³/mol. The number of aliphatic carboxylic acids is 1. The summed E-state index contributed by atoms with van der Waals surface area (Å²) in [7, 11) is 0. The van der Waals surface area contributed by atoms with Gasteiger partial charge in [-0.25, -0.2) is 0 Å². The lowest BCUT2D eigenvalue weighted by molar-refractivity contribution is -0.136. The van der Waals surface area contributed by atoms with E-state index in [-0.39, 0.29) is 6.42 Å². The van der Waals surface area contributed by atoms with E-state index in [4.69, 9.17) is 9.84 Å². The molecule has 0 saturated carbocycles. The average molecular weight is 271 g/mol. The van der Waals surface area contributed by atoms with Crippen LogP contribution in [0.25, 0.3) is 11.1 Å².